The number of thioether (sulfide) groups is 1. The van der Waals surface area contributed by atoms with E-state index in [1.807, 2.05) is 44.2 Å². The molecule has 4 rings (SSSR count). The van der Waals surface area contributed by atoms with Gasteiger partial charge in [-0.15, -0.1) is 24.9 Å². The normalized spacial score (nSPS) is 29.0. The molecule has 39 heavy (non-hydrogen) atoms. The molecule has 1 spiro atoms. The summed E-state index contributed by atoms with van der Waals surface area (Å²) in [5, 5.41) is 9.16. The van der Waals surface area contributed by atoms with Gasteiger partial charge in [0.25, 0.3) is 0 Å². The van der Waals surface area contributed by atoms with Crippen LogP contribution in [0.2, 0.25) is 0 Å². The zero-order chi connectivity index (χ0) is 28.3. The minimum atomic E-state index is -0.685. The molecule has 1 aromatic rings. The second-order valence-corrected chi connectivity index (χ2v) is 13.6. The van der Waals surface area contributed by atoms with Gasteiger partial charge in [0.15, 0.2) is 0 Å². The molecule has 0 aliphatic carbocycles. The summed E-state index contributed by atoms with van der Waals surface area (Å²) in [4.78, 5) is 48.2. The van der Waals surface area contributed by atoms with Crippen LogP contribution >= 0.6 is 27.7 Å². The average Bonchev–Trinajstić information content (AvgIpc) is 3.51. The number of halogens is 1. The van der Waals surface area contributed by atoms with Gasteiger partial charge < -0.3 is 19.8 Å². The summed E-state index contributed by atoms with van der Waals surface area (Å²) in [5.41, 5.74) is 0.770. The fraction of sp³-hybridized carbons (Fsp3) is 0.567. The van der Waals surface area contributed by atoms with Gasteiger partial charge in [-0.1, -0.05) is 46.3 Å². The molecule has 1 aromatic carbocycles. The van der Waals surface area contributed by atoms with E-state index >= 15 is 0 Å². The summed E-state index contributed by atoms with van der Waals surface area (Å²) in [6, 6.07) is 8.79. The number of carbonyl (C=O) groups excluding carboxylic acids is 3. The number of hydrogen-bond acceptors (Lipinski definition) is 5. The Morgan fingerprint density at radius 3 is 2.46 bits per heavy atom. The number of alkyl halides is 1. The minimum absolute atomic E-state index is 0.0124. The monoisotopic (exact) mass is 617 g/mol. The standard InChI is InChI=1S/C30H40BrN3O4S/c1-5-15-32(20(3)4)29(38)26-30-19-22(31)25(39-30)23(24(30)28(37)34(26)17-11-8-12-18-35)27(36)33(16-6-2)21-13-9-7-10-14-21/h5-7,9-10,13-14,20,22-26,35H,1-2,8,11-12,15-19H2,3-4H3/t22?,23-,24-,25-,26?,30?/m0/s1. The maximum atomic E-state index is 14.3. The van der Waals surface area contributed by atoms with Gasteiger partial charge in [-0.2, -0.15) is 0 Å². The highest BCUT2D eigenvalue weighted by molar-refractivity contribution is 9.09. The number of anilines is 1. The first kappa shape index (κ1) is 29.9. The first-order chi connectivity index (χ1) is 18.7. The van der Waals surface area contributed by atoms with Crippen LogP contribution in [0.1, 0.15) is 39.5 Å². The Kier molecular flexibility index (Phi) is 9.65. The van der Waals surface area contributed by atoms with E-state index in [1.165, 1.54) is 0 Å². The Morgan fingerprint density at radius 1 is 1.15 bits per heavy atom. The molecule has 3 aliphatic rings. The van der Waals surface area contributed by atoms with E-state index in [4.69, 9.17) is 0 Å². The van der Waals surface area contributed by atoms with Crippen LogP contribution in [-0.4, -0.2) is 85.8 Å². The zero-order valence-corrected chi connectivity index (χ0v) is 25.3. The molecule has 9 heteroatoms. The van der Waals surface area contributed by atoms with E-state index in [9.17, 15) is 19.5 Å². The van der Waals surface area contributed by atoms with Gasteiger partial charge >= 0.3 is 0 Å². The Morgan fingerprint density at radius 2 is 1.85 bits per heavy atom. The van der Waals surface area contributed by atoms with Crippen molar-refractivity contribution in [3.05, 3.63) is 55.6 Å². The number of hydrogen-bond donors (Lipinski definition) is 1. The van der Waals surface area contributed by atoms with Crippen molar-refractivity contribution in [3.8, 4) is 0 Å². The molecule has 3 fully saturated rings. The molecule has 2 bridgehead atoms. The van der Waals surface area contributed by atoms with Crippen LogP contribution in [0.25, 0.3) is 0 Å². The number of aliphatic hydroxyl groups excluding tert-OH is 1. The van der Waals surface area contributed by atoms with Crippen LogP contribution < -0.4 is 4.90 Å². The van der Waals surface area contributed by atoms with Crippen molar-refractivity contribution >= 4 is 51.1 Å². The van der Waals surface area contributed by atoms with E-state index in [2.05, 4.69) is 29.1 Å². The molecule has 0 aromatic heterocycles. The lowest BCUT2D eigenvalue weighted by Crippen LogP contribution is -2.57. The number of rotatable bonds is 13. The molecule has 3 saturated heterocycles. The lowest BCUT2D eigenvalue weighted by molar-refractivity contribution is -0.143. The summed E-state index contributed by atoms with van der Waals surface area (Å²) in [5.74, 6) is -1.39. The minimum Gasteiger partial charge on any atom is -0.396 e. The summed E-state index contributed by atoms with van der Waals surface area (Å²) >= 11 is 5.52. The third kappa shape index (κ3) is 5.34. The maximum absolute atomic E-state index is 14.3. The third-order valence-corrected chi connectivity index (χ3v) is 11.5. The number of nitrogens with zero attached hydrogens (tertiary/aromatic N) is 3. The van der Waals surface area contributed by atoms with Crippen molar-refractivity contribution in [2.75, 3.05) is 31.1 Å². The number of benzene rings is 1. The summed E-state index contributed by atoms with van der Waals surface area (Å²) < 4.78 is -0.685. The van der Waals surface area contributed by atoms with Gasteiger partial charge in [-0.3, -0.25) is 14.4 Å². The van der Waals surface area contributed by atoms with Crippen molar-refractivity contribution in [1.82, 2.24) is 9.80 Å². The Labute approximate surface area is 244 Å². The Hall–Kier alpha value is -2.10. The van der Waals surface area contributed by atoms with Crippen molar-refractivity contribution in [2.45, 2.75) is 66.4 Å². The second kappa shape index (κ2) is 12.6. The largest absolute Gasteiger partial charge is 0.396 e. The molecule has 3 aliphatic heterocycles. The van der Waals surface area contributed by atoms with Crippen LogP contribution in [-0.2, 0) is 14.4 Å². The molecule has 3 heterocycles. The van der Waals surface area contributed by atoms with E-state index in [1.54, 1.807) is 38.6 Å². The van der Waals surface area contributed by atoms with Gasteiger partial charge in [0.2, 0.25) is 17.7 Å². The van der Waals surface area contributed by atoms with Crippen molar-refractivity contribution in [1.29, 1.82) is 0 Å². The van der Waals surface area contributed by atoms with Crippen LogP contribution in [0, 0.1) is 11.8 Å². The first-order valence-electron chi connectivity index (χ1n) is 13.8. The number of aliphatic hydroxyl groups is 1. The highest BCUT2D eigenvalue weighted by atomic mass is 79.9. The van der Waals surface area contributed by atoms with Crippen molar-refractivity contribution in [2.24, 2.45) is 11.8 Å². The van der Waals surface area contributed by atoms with Crippen LogP contribution in [0.15, 0.2) is 55.6 Å². The molecule has 3 amide bonds. The van der Waals surface area contributed by atoms with Gasteiger partial charge in [0.1, 0.15) is 6.04 Å². The number of para-hydroxylation sites is 1. The van der Waals surface area contributed by atoms with Crippen molar-refractivity contribution in [3.63, 3.8) is 0 Å². The van der Waals surface area contributed by atoms with E-state index in [0.717, 1.165) is 12.1 Å². The number of carbonyl (C=O) groups is 3. The quantitative estimate of drug-likeness (QED) is 0.203. The van der Waals surface area contributed by atoms with E-state index < -0.39 is 22.6 Å². The average molecular weight is 619 g/mol. The molecular weight excluding hydrogens is 578 g/mol. The number of unbranched alkanes of at least 4 members (excludes halogenated alkanes) is 2. The van der Waals surface area contributed by atoms with Gasteiger partial charge in [-0.05, 0) is 51.7 Å². The van der Waals surface area contributed by atoms with E-state index in [-0.39, 0.29) is 40.4 Å². The first-order valence-corrected chi connectivity index (χ1v) is 15.6. The predicted octanol–water partition coefficient (Wildman–Crippen LogP) is 4.26. The third-order valence-electron chi connectivity index (χ3n) is 8.24. The Balaban J connectivity index is 1.75. The highest BCUT2D eigenvalue weighted by Crippen LogP contribution is 2.68. The maximum Gasteiger partial charge on any atom is 0.247 e. The molecule has 212 valence electrons. The Bertz CT molecular complexity index is 1090. The number of fused-ring (bicyclic) bond motifs is 1. The van der Waals surface area contributed by atoms with E-state index in [0.29, 0.717) is 38.9 Å². The second-order valence-electron chi connectivity index (χ2n) is 10.9. The predicted molar refractivity (Wildman–Crippen MR) is 161 cm³/mol. The van der Waals surface area contributed by atoms with Crippen LogP contribution in [0.5, 0.6) is 0 Å². The summed E-state index contributed by atoms with van der Waals surface area (Å²) in [6.45, 7) is 12.9. The number of likely N-dealkylation sites (tertiary alicyclic amines) is 1. The van der Waals surface area contributed by atoms with Gasteiger partial charge in [-0.25, -0.2) is 0 Å². The molecule has 3 unspecified atom stereocenters. The molecule has 6 atom stereocenters. The SMILES string of the molecule is C=CCN(C(=O)[C@H]1[C@H]2C(=O)N(CCCCCO)C(C(=O)N(CC=C)C(C)C)C23CC(Br)[C@@H]1S3)c1ccccc1. The van der Waals surface area contributed by atoms with Crippen molar-refractivity contribution < 1.29 is 19.5 Å². The summed E-state index contributed by atoms with van der Waals surface area (Å²) in [6.07, 6.45) is 6.19. The molecular formula is C30H40BrN3O4S. The molecule has 7 nitrogen and oxygen atoms in total. The number of amides is 3. The fourth-order valence-electron chi connectivity index (χ4n) is 6.59. The molecule has 0 saturated carbocycles. The smallest absolute Gasteiger partial charge is 0.247 e. The van der Waals surface area contributed by atoms with Crippen LogP contribution in [0.3, 0.4) is 0 Å². The molecule has 1 N–H and O–H groups in total. The molecule has 0 radical (unpaired) electrons. The summed E-state index contributed by atoms with van der Waals surface area (Å²) in [7, 11) is 0. The highest BCUT2D eigenvalue weighted by Gasteiger charge is 2.76. The topological polar surface area (TPSA) is 81.2 Å². The van der Waals surface area contributed by atoms with Gasteiger partial charge in [0.05, 0.1) is 16.6 Å². The van der Waals surface area contributed by atoms with Crippen LogP contribution in [0.4, 0.5) is 5.69 Å². The van der Waals surface area contributed by atoms with Gasteiger partial charge in [0, 0.05) is 48.0 Å². The lowest BCUT2D eigenvalue weighted by atomic mass is 9.70. The fourth-order valence-corrected chi connectivity index (χ4v) is 10.2. The zero-order valence-electron chi connectivity index (χ0n) is 22.9. The lowest BCUT2D eigenvalue weighted by Gasteiger charge is -2.39.